The highest BCUT2D eigenvalue weighted by molar-refractivity contribution is 5.21. The molecule has 0 saturated heterocycles. The Hall–Kier alpha value is -0.800. The molecule has 4 bridgehead atoms. The summed E-state index contributed by atoms with van der Waals surface area (Å²) in [6.45, 7) is 5.01. The van der Waals surface area contributed by atoms with Crippen LogP contribution < -0.4 is 11.3 Å². The van der Waals surface area contributed by atoms with Crippen molar-refractivity contribution in [2.75, 3.05) is 0 Å². The molecule has 3 heteroatoms. The first-order valence-electron chi connectivity index (χ1n) is 7.94. The zero-order valence-corrected chi connectivity index (χ0v) is 12.6. The van der Waals surface area contributed by atoms with E-state index >= 15 is 0 Å². The highest BCUT2D eigenvalue weighted by Crippen LogP contribution is 2.72. The minimum atomic E-state index is 0.239. The predicted molar refractivity (Wildman–Crippen MR) is 78.6 cm³/mol. The zero-order valence-electron chi connectivity index (χ0n) is 12.6. The summed E-state index contributed by atoms with van der Waals surface area (Å²) in [6, 6.07) is 2.32. The van der Waals surface area contributed by atoms with Gasteiger partial charge in [0.15, 0.2) is 0 Å². The molecule has 110 valence electrons. The average molecular weight is 274 g/mol. The van der Waals surface area contributed by atoms with E-state index in [-0.39, 0.29) is 6.04 Å². The molecule has 0 aromatic carbocycles. The van der Waals surface area contributed by atoms with E-state index < -0.39 is 0 Å². The first-order valence-corrected chi connectivity index (χ1v) is 7.94. The molecular weight excluding hydrogens is 248 g/mol. The van der Waals surface area contributed by atoms with E-state index in [1.807, 2.05) is 6.26 Å². The van der Waals surface area contributed by atoms with Gasteiger partial charge in [-0.05, 0) is 66.8 Å². The number of rotatable bonds is 3. The molecule has 0 radical (unpaired) electrons. The Morgan fingerprint density at radius 1 is 1.20 bits per heavy atom. The van der Waals surface area contributed by atoms with E-state index in [1.54, 1.807) is 6.26 Å². The third kappa shape index (κ3) is 1.72. The van der Waals surface area contributed by atoms with Gasteiger partial charge in [0.1, 0.15) is 0 Å². The maximum Gasteiger partial charge on any atom is 0.0951 e. The first-order chi connectivity index (χ1) is 9.46. The lowest BCUT2D eigenvalue weighted by atomic mass is 9.39. The molecule has 4 aliphatic rings. The fourth-order valence-corrected chi connectivity index (χ4v) is 6.92. The lowest BCUT2D eigenvalue weighted by Crippen LogP contribution is -2.59. The molecule has 3 N–H and O–H groups in total. The second-order valence-corrected chi connectivity index (χ2v) is 8.65. The monoisotopic (exact) mass is 274 g/mol. The summed E-state index contributed by atoms with van der Waals surface area (Å²) in [5, 5.41) is 0. The molecular formula is C17H26N2O. The van der Waals surface area contributed by atoms with Gasteiger partial charge in [0.25, 0.3) is 0 Å². The summed E-state index contributed by atoms with van der Waals surface area (Å²) < 4.78 is 5.32. The Labute approximate surface area is 121 Å². The van der Waals surface area contributed by atoms with E-state index in [2.05, 4.69) is 25.3 Å². The molecule has 4 aliphatic carbocycles. The number of furan rings is 1. The van der Waals surface area contributed by atoms with Gasteiger partial charge in [0.05, 0.1) is 18.6 Å². The smallest absolute Gasteiger partial charge is 0.0951 e. The largest absolute Gasteiger partial charge is 0.472 e. The van der Waals surface area contributed by atoms with Gasteiger partial charge in [-0.2, -0.15) is 0 Å². The summed E-state index contributed by atoms with van der Waals surface area (Å²) >= 11 is 0. The van der Waals surface area contributed by atoms with Crippen LogP contribution in [0.5, 0.6) is 0 Å². The summed E-state index contributed by atoms with van der Waals surface area (Å²) in [5.41, 5.74) is 5.72. The lowest BCUT2D eigenvalue weighted by Gasteiger charge is -2.67. The van der Waals surface area contributed by atoms with E-state index in [4.69, 9.17) is 10.3 Å². The van der Waals surface area contributed by atoms with Gasteiger partial charge in [-0.1, -0.05) is 13.8 Å². The Morgan fingerprint density at radius 3 is 2.40 bits per heavy atom. The Bertz CT molecular complexity index is 491. The fraction of sp³-hybridized carbons (Fsp3) is 0.765. The number of hydrazine groups is 1. The van der Waals surface area contributed by atoms with Crippen LogP contribution >= 0.6 is 0 Å². The van der Waals surface area contributed by atoms with Gasteiger partial charge in [-0.3, -0.25) is 11.3 Å². The number of hydrogen-bond donors (Lipinski definition) is 2. The number of nitrogens with one attached hydrogen (secondary N) is 1. The van der Waals surface area contributed by atoms with Crippen LogP contribution in [0.4, 0.5) is 0 Å². The van der Waals surface area contributed by atoms with Crippen molar-refractivity contribution in [3.8, 4) is 0 Å². The van der Waals surface area contributed by atoms with Crippen molar-refractivity contribution in [3.63, 3.8) is 0 Å². The summed E-state index contributed by atoms with van der Waals surface area (Å²) in [7, 11) is 0. The van der Waals surface area contributed by atoms with Gasteiger partial charge in [-0.25, -0.2) is 0 Å². The van der Waals surface area contributed by atoms with Crippen LogP contribution in [0.25, 0.3) is 0 Å². The number of nitrogens with two attached hydrogens (primary N) is 1. The lowest BCUT2D eigenvalue weighted by molar-refractivity contribution is -0.159. The molecule has 4 saturated carbocycles. The molecule has 1 aromatic heterocycles. The van der Waals surface area contributed by atoms with Crippen LogP contribution in [-0.4, -0.2) is 0 Å². The molecule has 5 rings (SSSR count). The minimum absolute atomic E-state index is 0.239. The maximum absolute atomic E-state index is 5.98. The highest BCUT2D eigenvalue weighted by Gasteiger charge is 2.62. The minimum Gasteiger partial charge on any atom is -0.472 e. The molecule has 20 heavy (non-hydrogen) atoms. The highest BCUT2D eigenvalue weighted by atomic mass is 16.3. The van der Waals surface area contributed by atoms with Crippen LogP contribution in [0.15, 0.2) is 23.0 Å². The SMILES string of the molecule is CC12CC3CC(C)(C1)CC(C(NN)c1ccoc1)(C3)C2. The van der Waals surface area contributed by atoms with Gasteiger partial charge in [0.2, 0.25) is 0 Å². The molecule has 3 nitrogen and oxygen atoms in total. The normalized spacial score (nSPS) is 47.6. The van der Waals surface area contributed by atoms with Gasteiger partial charge in [0, 0.05) is 5.56 Å². The van der Waals surface area contributed by atoms with E-state index in [9.17, 15) is 0 Å². The van der Waals surface area contributed by atoms with Crippen LogP contribution in [-0.2, 0) is 0 Å². The van der Waals surface area contributed by atoms with Crippen LogP contribution in [0.3, 0.4) is 0 Å². The Kier molecular flexibility index (Phi) is 2.51. The van der Waals surface area contributed by atoms with Crippen molar-refractivity contribution in [2.45, 2.75) is 58.4 Å². The summed E-state index contributed by atoms with van der Waals surface area (Å²) in [4.78, 5) is 0. The van der Waals surface area contributed by atoms with Crippen molar-refractivity contribution >= 4 is 0 Å². The molecule has 1 heterocycles. The van der Waals surface area contributed by atoms with Crippen LogP contribution in [0, 0.1) is 22.2 Å². The quantitative estimate of drug-likeness (QED) is 0.651. The molecule has 1 aromatic rings. The van der Waals surface area contributed by atoms with Crippen molar-refractivity contribution < 1.29 is 4.42 Å². The van der Waals surface area contributed by atoms with Crippen molar-refractivity contribution in [1.82, 2.24) is 5.43 Å². The predicted octanol–water partition coefficient (Wildman–Crippen LogP) is 3.78. The average Bonchev–Trinajstić information content (AvgIpc) is 2.77. The van der Waals surface area contributed by atoms with Crippen molar-refractivity contribution in [2.24, 2.45) is 28.0 Å². The third-order valence-electron chi connectivity index (χ3n) is 6.32. The van der Waals surface area contributed by atoms with Crippen molar-refractivity contribution in [3.05, 3.63) is 24.2 Å². The third-order valence-corrected chi connectivity index (χ3v) is 6.32. The van der Waals surface area contributed by atoms with E-state index in [0.717, 1.165) is 5.92 Å². The molecule has 3 unspecified atom stereocenters. The standard InChI is InChI=1S/C17H26N2O/c1-15-5-12-6-16(2,9-15)11-17(7-12,10-15)14(19-18)13-3-4-20-8-13/h3-4,8,12,14,19H,5-7,9-11,18H2,1-2H3. The zero-order chi connectivity index (χ0) is 14.0. The molecule has 0 amide bonds. The summed E-state index contributed by atoms with van der Waals surface area (Å²) in [5.74, 6) is 6.87. The Balaban J connectivity index is 1.76. The van der Waals surface area contributed by atoms with Gasteiger partial charge >= 0.3 is 0 Å². The van der Waals surface area contributed by atoms with Gasteiger partial charge < -0.3 is 4.42 Å². The number of hydrogen-bond acceptors (Lipinski definition) is 3. The molecule has 4 fully saturated rings. The van der Waals surface area contributed by atoms with E-state index in [0.29, 0.717) is 16.2 Å². The summed E-state index contributed by atoms with van der Waals surface area (Å²) in [6.07, 6.45) is 11.8. The topological polar surface area (TPSA) is 51.2 Å². The maximum atomic E-state index is 5.98. The first kappa shape index (κ1) is 12.9. The second-order valence-electron chi connectivity index (χ2n) is 8.65. The van der Waals surface area contributed by atoms with Gasteiger partial charge in [-0.15, -0.1) is 0 Å². The van der Waals surface area contributed by atoms with Crippen LogP contribution in [0.2, 0.25) is 0 Å². The van der Waals surface area contributed by atoms with E-state index in [1.165, 1.54) is 44.1 Å². The second kappa shape index (κ2) is 3.89. The van der Waals surface area contributed by atoms with Crippen molar-refractivity contribution in [1.29, 1.82) is 0 Å². The molecule has 0 spiro atoms. The Morgan fingerprint density at radius 2 is 1.90 bits per heavy atom. The molecule has 3 atom stereocenters. The fourth-order valence-electron chi connectivity index (χ4n) is 6.92. The van der Waals surface area contributed by atoms with Crippen LogP contribution in [0.1, 0.15) is 64.0 Å². The molecule has 0 aliphatic heterocycles.